The van der Waals surface area contributed by atoms with E-state index in [2.05, 4.69) is 10.6 Å². The first-order chi connectivity index (χ1) is 20.3. The highest BCUT2D eigenvalue weighted by Crippen LogP contribution is 2.32. The summed E-state index contributed by atoms with van der Waals surface area (Å²) in [6.07, 6.45) is -2.60. The summed E-state index contributed by atoms with van der Waals surface area (Å²) in [4.78, 5) is 37.7. The smallest absolute Gasteiger partial charge is 0.326 e. The SMILES string of the molecule is O=C(O)[C@H](Cc1ccc(OCc2c(Cl)cccc2Cl)cc1)NC(=O)[C@@H]1OCO[C@H]1C(=O)NCc1ccc2c(c1)OCO2. The van der Waals surface area contributed by atoms with Gasteiger partial charge in [0.05, 0.1) is 0 Å². The molecule has 1 fully saturated rings. The molecule has 0 saturated carbocycles. The van der Waals surface area contributed by atoms with Crippen LogP contribution in [0.15, 0.2) is 60.7 Å². The molecule has 3 aromatic carbocycles. The van der Waals surface area contributed by atoms with Gasteiger partial charge < -0.3 is 39.4 Å². The summed E-state index contributed by atoms with van der Waals surface area (Å²) in [5, 5.41) is 15.9. The fourth-order valence-electron chi connectivity index (χ4n) is 4.36. The molecule has 2 aliphatic heterocycles. The molecule has 2 amide bonds. The van der Waals surface area contributed by atoms with E-state index in [0.29, 0.717) is 38.4 Å². The van der Waals surface area contributed by atoms with Crippen LogP contribution in [0.25, 0.3) is 0 Å². The molecule has 0 bridgehead atoms. The molecule has 13 heteroatoms. The normalized spacial score (nSPS) is 17.9. The van der Waals surface area contributed by atoms with E-state index in [9.17, 15) is 19.5 Å². The number of carboxylic acids is 1. The Bertz CT molecular complexity index is 1450. The van der Waals surface area contributed by atoms with E-state index in [1.165, 1.54) is 0 Å². The summed E-state index contributed by atoms with van der Waals surface area (Å²) in [5.74, 6) is -0.893. The Morgan fingerprint density at radius 1 is 0.881 bits per heavy atom. The highest BCUT2D eigenvalue weighted by atomic mass is 35.5. The Hall–Kier alpha value is -4.03. The molecule has 220 valence electrons. The third-order valence-corrected chi connectivity index (χ3v) is 7.32. The number of benzene rings is 3. The highest BCUT2D eigenvalue weighted by Gasteiger charge is 2.41. The average Bonchev–Trinajstić information content (AvgIpc) is 3.66. The molecule has 2 heterocycles. The highest BCUT2D eigenvalue weighted by molar-refractivity contribution is 6.35. The maximum Gasteiger partial charge on any atom is 0.326 e. The zero-order chi connectivity index (χ0) is 29.6. The van der Waals surface area contributed by atoms with Crippen LogP contribution in [0.4, 0.5) is 0 Å². The van der Waals surface area contributed by atoms with Gasteiger partial charge in [-0.2, -0.15) is 0 Å². The minimum absolute atomic E-state index is 0.0216. The van der Waals surface area contributed by atoms with Gasteiger partial charge in [0.2, 0.25) is 6.79 Å². The maximum atomic E-state index is 13.0. The van der Waals surface area contributed by atoms with Crippen LogP contribution < -0.4 is 24.8 Å². The number of nitrogens with one attached hydrogen (secondary N) is 2. The zero-order valence-corrected chi connectivity index (χ0v) is 23.5. The average molecular weight is 617 g/mol. The van der Waals surface area contributed by atoms with Crippen LogP contribution in [0.3, 0.4) is 0 Å². The topological polar surface area (TPSA) is 142 Å². The largest absolute Gasteiger partial charge is 0.489 e. The minimum atomic E-state index is -1.32. The van der Waals surface area contributed by atoms with E-state index in [4.69, 9.17) is 46.9 Å². The predicted molar refractivity (Wildman–Crippen MR) is 150 cm³/mol. The first-order valence-electron chi connectivity index (χ1n) is 12.9. The number of amides is 2. The van der Waals surface area contributed by atoms with Crippen molar-refractivity contribution in [3.05, 3.63) is 87.4 Å². The van der Waals surface area contributed by atoms with Gasteiger partial charge in [0.15, 0.2) is 23.7 Å². The number of carbonyl (C=O) groups excluding carboxylic acids is 2. The van der Waals surface area contributed by atoms with Gasteiger partial charge in [-0.25, -0.2) is 4.79 Å². The van der Waals surface area contributed by atoms with Gasteiger partial charge in [-0.3, -0.25) is 9.59 Å². The van der Waals surface area contributed by atoms with Crippen molar-refractivity contribution < 1.29 is 43.2 Å². The van der Waals surface area contributed by atoms with Crippen LogP contribution in [0, 0.1) is 0 Å². The van der Waals surface area contributed by atoms with Gasteiger partial charge in [0.1, 0.15) is 25.2 Å². The fourth-order valence-corrected chi connectivity index (χ4v) is 4.87. The first kappa shape index (κ1) is 29.5. The maximum absolute atomic E-state index is 13.0. The number of rotatable bonds is 11. The molecule has 2 aliphatic rings. The lowest BCUT2D eigenvalue weighted by atomic mass is 10.0. The molecular weight excluding hydrogens is 591 g/mol. The van der Waals surface area contributed by atoms with Crippen molar-refractivity contribution in [2.24, 2.45) is 0 Å². The van der Waals surface area contributed by atoms with Gasteiger partial charge in [0.25, 0.3) is 11.8 Å². The van der Waals surface area contributed by atoms with E-state index in [1.54, 1.807) is 60.7 Å². The second kappa shape index (κ2) is 13.3. The summed E-state index contributed by atoms with van der Waals surface area (Å²) in [6.45, 7) is 0.137. The lowest BCUT2D eigenvalue weighted by Crippen LogP contribution is -2.52. The number of halogens is 2. The molecule has 0 unspecified atom stereocenters. The van der Waals surface area contributed by atoms with Gasteiger partial charge >= 0.3 is 5.97 Å². The third-order valence-electron chi connectivity index (χ3n) is 6.61. The molecule has 3 atom stereocenters. The molecule has 0 radical (unpaired) electrons. The van der Waals surface area contributed by atoms with Crippen LogP contribution in [0.5, 0.6) is 17.2 Å². The molecule has 0 aliphatic carbocycles. The monoisotopic (exact) mass is 616 g/mol. The van der Waals surface area contributed by atoms with Crippen LogP contribution in [-0.2, 0) is 43.4 Å². The Morgan fingerprint density at radius 3 is 2.26 bits per heavy atom. The third kappa shape index (κ3) is 7.05. The minimum Gasteiger partial charge on any atom is -0.489 e. The van der Waals surface area contributed by atoms with Crippen molar-refractivity contribution in [3.63, 3.8) is 0 Å². The summed E-state index contributed by atoms with van der Waals surface area (Å²) < 4.78 is 27.0. The van der Waals surface area contributed by atoms with Gasteiger partial charge in [-0.15, -0.1) is 0 Å². The van der Waals surface area contributed by atoms with Gasteiger partial charge in [-0.1, -0.05) is 47.5 Å². The first-order valence-corrected chi connectivity index (χ1v) is 13.6. The summed E-state index contributed by atoms with van der Waals surface area (Å²) >= 11 is 12.4. The fraction of sp³-hybridized carbons (Fsp3) is 0.276. The van der Waals surface area contributed by atoms with Crippen molar-refractivity contribution in [1.29, 1.82) is 0 Å². The van der Waals surface area contributed by atoms with Crippen molar-refractivity contribution in [1.82, 2.24) is 10.6 Å². The lowest BCUT2D eigenvalue weighted by Gasteiger charge is -2.20. The van der Waals surface area contributed by atoms with E-state index in [-0.39, 0.29) is 33.2 Å². The Balaban J connectivity index is 1.14. The summed E-state index contributed by atoms with van der Waals surface area (Å²) in [7, 11) is 0. The number of hydrogen-bond donors (Lipinski definition) is 3. The molecule has 5 rings (SSSR count). The molecule has 42 heavy (non-hydrogen) atoms. The predicted octanol–water partition coefficient (Wildman–Crippen LogP) is 3.47. The van der Waals surface area contributed by atoms with Crippen molar-refractivity contribution in [2.75, 3.05) is 13.6 Å². The van der Waals surface area contributed by atoms with E-state index < -0.39 is 36.0 Å². The Labute approximate surface area is 250 Å². The lowest BCUT2D eigenvalue weighted by molar-refractivity contribution is -0.144. The molecule has 0 aromatic heterocycles. The molecule has 1 saturated heterocycles. The van der Waals surface area contributed by atoms with Crippen LogP contribution in [0.1, 0.15) is 16.7 Å². The molecule has 11 nitrogen and oxygen atoms in total. The van der Waals surface area contributed by atoms with E-state index >= 15 is 0 Å². The second-order valence-electron chi connectivity index (χ2n) is 9.43. The van der Waals surface area contributed by atoms with E-state index in [0.717, 1.165) is 5.56 Å². The standard InChI is InChI=1S/C29H26Cl2N2O9/c30-20-2-1-3-21(31)19(20)13-38-18-7-4-16(5-8-18)10-22(29(36)37)33-28(35)26-25(41-15-42-26)27(34)32-12-17-6-9-23-24(11-17)40-14-39-23/h1-9,11,22,25-26H,10,12-15H2,(H,32,34)(H,33,35)(H,36,37)/t22-,25+,26+/m0/s1. The van der Waals surface area contributed by atoms with Crippen LogP contribution in [-0.4, -0.2) is 54.7 Å². The number of ether oxygens (including phenoxy) is 5. The number of carboxylic acid groups (broad SMARTS) is 1. The summed E-state index contributed by atoms with van der Waals surface area (Å²) in [6, 6.07) is 15.9. The Morgan fingerprint density at radius 2 is 1.55 bits per heavy atom. The van der Waals surface area contributed by atoms with Crippen molar-refractivity contribution >= 4 is 41.0 Å². The Kier molecular flexibility index (Phi) is 9.33. The van der Waals surface area contributed by atoms with E-state index in [1.807, 2.05) is 0 Å². The number of carbonyl (C=O) groups is 3. The van der Waals surface area contributed by atoms with Crippen LogP contribution in [0.2, 0.25) is 10.0 Å². The van der Waals surface area contributed by atoms with Crippen molar-refractivity contribution in [3.8, 4) is 17.2 Å². The number of hydrogen-bond acceptors (Lipinski definition) is 8. The molecule has 3 N–H and O–H groups in total. The number of aliphatic carboxylic acids is 1. The van der Waals surface area contributed by atoms with Gasteiger partial charge in [-0.05, 0) is 47.5 Å². The zero-order valence-electron chi connectivity index (χ0n) is 22.0. The molecular formula is C29H26Cl2N2O9. The van der Waals surface area contributed by atoms with Crippen molar-refractivity contribution in [2.45, 2.75) is 37.8 Å². The summed E-state index contributed by atoms with van der Waals surface area (Å²) in [5.41, 5.74) is 2.03. The molecule has 3 aromatic rings. The van der Waals surface area contributed by atoms with Crippen LogP contribution >= 0.6 is 23.2 Å². The second-order valence-corrected chi connectivity index (χ2v) is 10.2. The van der Waals surface area contributed by atoms with Gasteiger partial charge in [0, 0.05) is 28.6 Å². The molecule has 0 spiro atoms. The number of fused-ring (bicyclic) bond motifs is 1. The quantitative estimate of drug-likeness (QED) is 0.295.